The number of hydrogen-bond acceptors (Lipinski definition) is 5. The lowest BCUT2D eigenvalue weighted by atomic mass is 9.82. The summed E-state index contributed by atoms with van der Waals surface area (Å²) in [5.74, 6) is 0.585. The zero-order chi connectivity index (χ0) is 18.8. The standard InChI is InChI=1S/C19H22ClNO5/c1-25-15-8-11-6-7-21(17(24)10-20)19(12(11)9-16(15)26-2)18-13(22)4-3-5-14(18)23/h8-9,19,22H,3-7,10H2,1-2H3/t19-/m0/s1. The highest BCUT2D eigenvalue weighted by Crippen LogP contribution is 2.43. The molecular weight excluding hydrogens is 358 g/mol. The topological polar surface area (TPSA) is 76.1 Å². The molecule has 0 spiro atoms. The number of halogens is 1. The molecular formula is C19H22ClNO5. The van der Waals surface area contributed by atoms with Crippen molar-refractivity contribution in [3.8, 4) is 11.5 Å². The van der Waals surface area contributed by atoms with Gasteiger partial charge in [-0.15, -0.1) is 11.6 Å². The van der Waals surface area contributed by atoms with Crippen LogP contribution in [0.1, 0.15) is 36.4 Å². The van der Waals surface area contributed by atoms with Crippen molar-refractivity contribution in [3.63, 3.8) is 0 Å². The predicted octanol–water partition coefficient (Wildman–Crippen LogP) is 2.93. The van der Waals surface area contributed by atoms with Crippen molar-refractivity contribution in [1.82, 2.24) is 4.90 Å². The molecule has 1 aromatic carbocycles. The van der Waals surface area contributed by atoms with Crippen LogP contribution in [0.15, 0.2) is 23.5 Å². The molecule has 0 bridgehead atoms. The van der Waals surface area contributed by atoms with Gasteiger partial charge in [0.05, 0.1) is 25.8 Å². The third-order valence-corrected chi connectivity index (χ3v) is 5.24. The van der Waals surface area contributed by atoms with Crippen molar-refractivity contribution in [2.45, 2.75) is 31.7 Å². The molecule has 2 aliphatic rings. The number of Topliss-reactive ketones (excluding diaryl/α,β-unsaturated/α-hetero) is 1. The number of amides is 1. The monoisotopic (exact) mass is 379 g/mol. The second kappa shape index (κ2) is 7.58. The van der Waals surface area contributed by atoms with Gasteiger partial charge in [-0.2, -0.15) is 0 Å². The molecule has 6 nitrogen and oxygen atoms in total. The highest BCUT2D eigenvalue weighted by Gasteiger charge is 2.39. The summed E-state index contributed by atoms with van der Waals surface area (Å²) < 4.78 is 10.8. The number of fused-ring (bicyclic) bond motifs is 1. The van der Waals surface area contributed by atoms with E-state index in [0.717, 1.165) is 11.1 Å². The van der Waals surface area contributed by atoms with Crippen LogP contribution in [0.25, 0.3) is 0 Å². The van der Waals surface area contributed by atoms with E-state index >= 15 is 0 Å². The van der Waals surface area contributed by atoms with Crippen LogP contribution in [0, 0.1) is 0 Å². The molecule has 0 radical (unpaired) electrons. The van der Waals surface area contributed by atoms with E-state index in [9.17, 15) is 14.7 Å². The number of methoxy groups -OCH3 is 2. The maximum atomic E-state index is 12.6. The Labute approximate surface area is 157 Å². The number of allylic oxidation sites excluding steroid dienone is 1. The van der Waals surface area contributed by atoms with Gasteiger partial charge in [0.25, 0.3) is 0 Å². The first-order chi connectivity index (χ1) is 12.5. The summed E-state index contributed by atoms with van der Waals surface area (Å²) in [4.78, 5) is 26.6. The zero-order valence-electron chi connectivity index (χ0n) is 14.9. The molecule has 1 N–H and O–H groups in total. The van der Waals surface area contributed by atoms with E-state index in [-0.39, 0.29) is 23.3 Å². The summed E-state index contributed by atoms with van der Waals surface area (Å²) in [6.45, 7) is 0.419. The molecule has 1 atom stereocenters. The largest absolute Gasteiger partial charge is 0.512 e. The maximum absolute atomic E-state index is 12.6. The molecule has 0 unspecified atom stereocenters. The van der Waals surface area contributed by atoms with Crippen LogP contribution >= 0.6 is 11.6 Å². The van der Waals surface area contributed by atoms with Gasteiger partial charge in [0.15, 0.2) is 17.3 Å². The second-order valence-corrected chi connectivity index (χ2v) is 6.68. The predicted molar refractivity (Wildman–Crippen MR) is 96.9 cm³/mol. The van der Waals surface area contributed by atoms with E-state index in [1.54, 1.807) is 18.1 Å². The van der Waals surface area contributed by atoms with Crippen LogP contribution in [0.3, 0.4) is 0 Å². The fourth-order valence-corrected chi connectivity index (χ4v) is 3.91. The van der Waals surface area contributed by atoms with Gasteiger partial charge in [-0.25, -0.2) is 0 Å². The Hall–Kier alpha value is -2.21. The molecule has 1 amide bonds. The molecule has 1 aliphatic carbocycles. The lowest BCUT2D eigenvalue weighted by Crippen LogP contribution is -2.43. The Balaban J connectivity index is 2.20. The highest BCUT2D eigenvalue weighted by molar-refractivity contribution is 6.27. The van der Waals surface area contributed by atoms with E-state index in [0.29, 0.717) is 49.3 Å². The summed E-state index contributed by atoms with van der Waals surface area (Å²) in [5.41, 5.74) is 2.02. The van der Waals surface area contributed by atoms with Crippen molar-refractivity contribution in [1.29, 1.82) is 0 Å². The molecule has 3 rings (SSSR count). The van der Waals surface area contributed by atoms with Gasteiger partial charge in [-0.05, 0) is 36.1 Å². The molecule has 1 aliphatic heterocycles. The lowest BCUT2D eigenvalue weighted by molar-refractivity contribution is -0.131. The highest BCUT2D eigenvalue weighted by atomic mass is 35.5. The fraction of sp³-hybridized carbons (Fsp3) is 0.474. The summed E-state index contributed by atoms with van der Waals surface area (Å²) >= 11 is 5.80. The lowest BCUT2D eigenvalue weighted by Gasteiger charge is -2.39. The van der Waals surface area contributed by atoms with Crippen molar-refractivity contribution >= 4 is 23.3 Å². The molecule has 1 heterocycles. The van der Waals surface area contributed by atoms with Gasteiger partial charge < -0.3 is 19.5 Å². The average molecular weight is 380 g/mol. The second-order valence-electron chi connectivity index (χ2n) is 6.42. The van der Waals surface area contributed by atoms with E-state index in [1.807, 2.05) is 6.07 Å². The fourth-order valence-electron chi connectivity index (χ4n) is 3.76. The van der Waals surface area contributed by atoms with Crippen molar-refractivity contribution < 1.29 is 24.2 Å². The Bertz CT molecular complexity index is 773. The number of alkyl halides is 1. The minimum atomic E-state index is -0.655. The average Bonchev–Trinajstić information content (AvgIpc) is 2.66. The van der Waals surface area contributed by atoms with Crippen LogP contribution in [-0.4, -0.2) is 48.3 Å². The Morgan fingerprint density at radius 2 is 1.92 bits per heavy atom. The van der Waals surface area contributed by atoms with Gasteiger partial charge in [0.1, 0.15) is 11.6 Å². The number of hydrogen-bond donors (Lipinski definition) is 1. The van der Waals surface area contributed by atoms with Crippen LogP contribution in [0.4, 0.5) is 0 Å². The first-order valence-electron chi connectivity index (χ1n) is 8.57. The first-order valence-corrected chi connectivity index (χ1v) is 9.10. The van der Waals surface area contributed by atoms with E-state index in [1.165, 1.54) is 7.11 Å². The normalized spacial score (nSPS) is 20.0. The minimum Gasteiger partial charge on any atom is -0.512 e. The quantitative estimate of drug-likeness (QED) is 0.814. The SMILES string of the molecule is COc1cc2c(cc1OC)[C@@H](C1=C(O)CCCC1=O)N(C(=O)CCl)CC2. The Morgan fingerprint density at radius 3 is 2.54 bits per heavy atom. The summed E-state index contributed by atoms with van der Waals surface area (Å²) in [6.07, 6.45) is 2.02. The van der Waals surface area contributed by atoms with Gasteiger partial charge in [0.2, 0.25) is 5.91 Å². The van der Waals surface area contributed by atoms with Gasteiger partial charge in [0, 0.05) is 19.4 Å². The Morgan fingerprint density at radius 1 is 1.23 bits per heavy atom. The molecule has 26 heavy (non-hydrogen) atoms. The molecule has 0 fully saturated rings. The summed E-state index contributed by atoms with van der Waals surface area (Å²) in [5, 5.41) is 10.4. The molecule has 7 heteroatoms. The molecule has 0 saturated carbocycles. The zero-order valence-corrected chi connectivity index (χ0v) is 15.6. The third kappa shape index (κ3) is 3.14. The minimum absolute atomic E-state index is 0.0567. The van der Waals surface area contributed by atoms with Crippen molar-refractivity contribution in [2.24, 2.45) is 0 Å². The molecule has 0 aromatic heterocycles. The van der Waals surface area contributed by atoms with Crippen LogP contribution in [0.5, 0.6) is 11.5 Å². The van der Waals surface area contributed by atoms with E-state index in [2.05, 4.69) is 0 Å². The van der Waals surface area contributed by atoms with Crippen LogP contribution in [-0.2, 0) is 16.0 Å². The van der Waals surface area contributed by atoms with E-state index < -0.39 is 6.04 Å². The number of rotatable bonds is 4. The Kier molecular flexibility index (Phi) is 5.41. The van der Waals surface area contributed by atoms with Gasteiger partial charge in [-0.1, -0.05) is 0 Å². The number of ether oxygens (including phenoxy) is 2. The smallest absolute Gasteiger partial charge is 0.238 e. The number of ketones is 1. The summed E-state index contributed by atoms with van der Waals surface area (Å²) in [6, 6.07) is 3.00. The molecule has 1 aromatic rings. The summed E-state index contributed by atoms with van der Waals surface area (Å²) in [7, 11) is 3.10. The third-order valence-electron chi connectivity index (χ3n) is 5.01. The number of carbonyl (C=O) groups excluding carboxylic acids is 2. The number of benzene rings is 1. The molecule has 0 saturated heterocycles. The number of aliphatic hydroxyl groups is 1. The van der Waals surface area contributed by atoms with Crippen molar-refractivity contribution in [2.75, 3.05) is 26.6 Å². The number of aliphatic hydroxyl groups excluding tert-OH is 1. The van der Waals surface area contributed by atoms with E-state index in [4.69, 9.17) is 21.1 Å². The molecule has 140 valence electrons. The van der Waals surface area contributed by atoms with Gasteiger partial charge >= 0.3 is 0 Å². The van der Waals surface area contributed by atoms with Crippen LogP contribution in [0.2, 0.25) is 0 Å². The van der Waals surface area contributed by atoms with Crippen LogP contribution < -0.4 is 9.47 Å². The maximum Gasteiger partial charge on any atom is 0.238 e. The number of carbonyl (C=O) groups is 2. The number of nitrogens with zero attached hydrogens (tertiary/aromatic N) is 1. The van der Waals surface area contributed by atoms with Gasteiger partial charge in [-0.3, -0.25) is 9.59 Å². The first kappa shape index (κ1) is 18.6. The van der Waals surface area contributed by atoms with Crippen molar-refractivity contribution in [3.05, 3.63) is 34.6 Å².